The van der Waals surface area contributed by atoms with Crippen LogP contribution in [0.5, 0.6) is 0 Å². The van der Waals surface area contributed by atoms with Crippen LogP contribution in [0.4, 0.5) is 0 Å². The van der Waals surface area contributed by atoms with Crippen molar-refractivity contribution < 1.29 is 12.9 Å². The van der Waals surface area contributed by atoms with E-state index in [1.165, 1.54) is 0 Å². The molecule has 0 unspecified atom stereocenters. The quantitative estimate of drug-likeness (QED) is 0.842. The highest BCUT2D eigenvalue weighted by Crippen LogP contribution is 2.19. The van der Waals surface area contributed by atoms with E-state index in [1.54, 1.807) is 18.2 Å². The normalized spacial score (nSPS) is 11.4. The summed E-state index contributed by atoms with van der Waals surface area (Å²) >= 11 is 0. The van der Waals surface area contributed by atoms with Gasteiger partial charge in [0.1, 0.15) is 11.4 Å². The van der Waals surface area contributed by atoms with Gasteiger partial charge in [-0.15, -0.1) is 12.4 Å². The van der Waals surface area contributed by atoms with Gasteiger partial charge in [0.15, 0.2) is 5.58 Å². The fourth-order valence-electron chi connectivity index (χ4n) is 1.49. The number of halogens is 1. The minimum atomic E-state index is -3.41. The summed E-state index contributed by atoms with van der Waals surface area (Å²) in [6.45, 7) is 0.483. The van der Waals surface area contributed by atoms with Crippen LogP contribution in [0.25, 0.3) is 11.0 Å². The number of para-hydroxylation sites is 1. The lowest BCUT2D eigenvalue weighted by atomic mass is 10.2. The maximum Gasteiger partial charge on any atom is 0.217 e. The summed E-state index contributed by atoms with van der Waals surface area (Å²) in [6.07, 6.45) is 0. The van der Waals surface area contributed by atoms with Crippen molar-refractivity contribution >= 4 is 33.4 Å². The standard InChI is InChI=1S/C10H13N3O3S.ClH/c11-5-6-12-17(14,15)7-9-8-3-1-2-4-10(8)16-13-9;/h1-4,12H,5-7,11H2;1H. The molecule has 0 bridgehead atoms. The molecule has 2 rings (SSSR count). The van der Waals surface area contributed by atoms with Gasteiger partial charge in [-0.3, -0.25) is 0 Å². The van der Waals surface area contributed by atoms with Crippen LogP contribution < -0.4 is 10.5 Å². The molecule has 0 fully saturated rings. The van der Waals surface area contributed by atoms with E-state index < -0.39 is 10.0 Å². The average Bonchev–Trinajstić information content (AvgIpc) is 2.70. The molecule has 3 N–H and O–H groups in total. The lowest BCUT2D eigenvalue weighted by Crippen LogP contribution is -2.30. The number of hydrogen-bond donors (Lipinski definition) is 2. The van der Waals surface area contributed by atoms with Crippen LogP contribution in [-0.2, 0) is 15.8 Å². The van der Waals surface area contributed by atoms with Gasteiger partial charge < -0.3 is 10.3 Å². The predicted octanol–water partition coefficient (Wildman–Crippen LogP) is 0.628. The van der Waals surface area contributed by atoms with Crippen LogP contribution in [0.1, 0.15) is 5.69 Å². The Labute approximate surface area is 111 Å². The van der Waals surface area contributed by atoms with E-state index in [-0.39, 0.29) is 31.2 Å². The van der Waals surface area contributed by atoms with Crippen LogP contribution in [0.3, 0.4) is 0 Å². The Balaban J connectivity index is 0.00000162. The Morgan fingerprint density at radius 2 is 2.06 bits per heavy atom. The minimum Gasteiger partial charge on any atom is -0.356 e. The van der Waals surface area contributed by atoms with Gasteiger partial charge >= 0.3 is 0 Å². The number of aromatic nitrogens is 1. The summed E-state index contributed by atoms with van der Waals surface area (Å²) in [6, 6.07) is 7.13. The van der Waals surface area contributed by atoms with E-state index >= 15 is 0 Å². The summed E-state index contributed by atoms with van der Waals surface area (Å²) < 4.78 is 30.7. The second kappa shape index (κ2) is 6.14. The number of nitrogens with one attached hydrogen (secondary N) is 1. The van der Waals surface area contributed by atoms with Crippen molar-refractivity contribution in [3.8, 4) is 0 Å². The van der Waals surface area contributed by atoms with E-state index in [0.717, 1.165) is 0 Å². The summed E-state index contributed by atoms with van der Waals surface area (Å²) in [5, 5.41) is 4.48. The van der Waals surface area contributed by atoms with Gasteiger partial charge in [-0.2, -0.15) is 0 Å². The molecule has 0 saturated carbocycles. The van der Waals surface area contributed by atoms with Gasteiger partial charge in [-0.1, -0.05) is 17.3 Å². The van der Waals surface area contributed by atoms with Crippen LogP contribution in [-0.4, -0.2) is 26.7 Å². The zero-order chi connectivity index (χ0) is 12.3. The third-order valence-electron chi connectivity index (χ3n) is 2.25. The predicted molar refractivity (Wildman–Crippen MR) is 70.9 cm³/mol. The average molecular weight is 292 g/mol. The molecule has 0 aliphatic heterocycles. The van der Waals surface area contributed by atoms with Gasteiger partial charge in [0.2, 0.25) is 10.0 Å². The number of rotatable bonds is 5. The maximum absolute atomic E-state index is 11.7. The Bertz CT molecular complexity index is 612. The van der Waals surface area contributed by atoms with Crippen LogP contribution in [0, 0.1) is 0 Å². The molecule has 0 spiro atoms. The molecular weight excluding hydrogens is 278 g/mol. The van der Waals surface area contributed by atoms with E-state index in [1.807, 2.05) is 6.07 Å². The molecule has 100 valence electrons. The Kier molecular flexibility index (Phi) is 5.09. The molecule has 0 amide bonds. The summed E-state index contributed by atoms with van der Waals surface area (Å²) in [7, 11) is -3.41. The molecule has 2 aromatic rings. The van der Waals surface area contributed by atoms with Crippen molar-refractivity contribution in [3.63, 3.8) is 0 Å². The molecule has 0 aliphatic carbocycles. The van der Waals surface area contributed by atoms with Gasteiger partial charge in [0.05, 0.1) is 0 Å². The summed E-state index contributed by atoms with van der Waals surface area (Å²) in [5.74, 6) is -0.204. The Morgan fingerprint density at radius 1 is 1.33 bits per heavy atom. The maximum atomic E-state index is 11.7. The van der Waals surface area contributed by atoms with Crippen LogP contribution in [0.15, 0.2) is 28.8 Å². The van der Waals surface area contributed by atoms with Crippen molar-refractivity contribution in [2.75, 3.05) is 13.1 Å². The molecular formula is C10H14ClN3O3S. The first-order valence-electron chi connectivity index (χ1n) is 5.13. The van der Waals surface area contributed by atoms with E-state index in [0.29, 0.717) is 16.7 Å². The second-order valence-electron chi connectivity index (χ2n) is 3.57. The Morgan fingerprint density at radius 3 is 2.78 bits per heavy atom. The number of nitrogens with two attached hydrogens (primary N) is 1. The second-order valence-corrected chi connectivity index (χ2v) is 5.37. The third kappa shape index (κ3) is 3.42. The molecule has 1 heterocycles. The molecule has 18 heavy (non-hydrogen) atoms. The van der Waals surface area contributed by atoms with Gasteiger partial charge in [0, 0.05) is 18.5 Å². The number of fused-ring (bicyclic) bond motifs is 1. The van der Waals surface area contributed by atoms with Crippen molar-refractivity contribution in [2.24, 2.45) is 5.73 Å². The lowest BCUT2D eigenvalue weighted by Gasteiger charge is -2.02. The number of sulfonamides is 1. The fourth-order valence-corrected chi connectivity index (χ4v) is 2.59. The first-order chi connectivity index (χ1) is 8.12. The first kappa shape index (κ1) is 14.9. The molecule has 0 saturated heterocycles. The van der Waals surface area contributed by atoms with E-state index in [9.17, 15) is 8.42 Å². The molecule has 8 heteroatoms. The van der Waals surface area contributed by atoms with Crippen LogP contribution >= 0.6 is 12.4 Å². The number of benzene rings is 1. The lowest BCUT2D eigenvalue weighted by molar-refractivity contribution is 0.448. The zero-order valence-corrected chi connectivity index (χ0v) is 11.1. The highest BCUT2D eigenvalue weighted by atomic mass is 35.5. The van der Waals surface area contributed by atoms with Gasteiger partial charge in [-0.25, -0.2) is 13.1 Å². The van der Waals surface area contributed by atoms with E-state index in [4.69, 9.17) is 10.3 Å². The molecule has 0 atom stereocenters. The molecule has 1 aromatic carbocycles. The number of nitrogens with zero attached hydrogens (tertiary/aromatic N) is 1. The smallest absolute Gasteiger partial charge is 0.217 e. The third-order valence-corrected chi connectivity index (χ3v) is 3.54. The van der Waals surface area contributed by atoms with Crippen LogP contribution in [0.2, 0.25) is 0 Å². The SMILES string of the molecule is Cl.NCCNS(=O)(=O)Cc1noc2ccccc12. The summed E-state index contributed by atoms with van der Waals surface area (Å²) in [5.41, 5.74) is 6.23. The number of hydrogen-bond acceptors (Lipinski definition) is 5. The molecule has 1 aromatic heterocycles. The van der Waals surface area contributed by atoms with Crippen molar-refractivity contribution in [1.29, 1.82) is 0 Å². The monoisotopic (exact) mass is 291 g/mol. The van der Waals surface area contributed by atoms with E-state index in [2.05, 4.69) is 9.88 Å². The van der Waals surface area contributed by atoms with Crippen molar-refractivity contribution in [3.05, 3.63) is 30.0 Å². The Hall–Kier alpha value is -1.15. The molecule has 0 aliphatic rings. The topological polar surface area (TPSA) is 98.2 Å². The molecule has 6 nitrogen and oxygen atoms in total. The van der Waals surface area contributed by atoms with Crippen molar-refractivity contribution in [1.82, 2.24) is 9.88 Å². The van der Waals surface area contributed by atoms with Gasteiger partial charge in [0.25, 0.3) is 0 Å². The zero-order valence-electron chi connectivity index (χ0n) is 9.50. The van der Waals surface area contributed by atoms with Gasteiger partial charge in [-0.05, 0) is 12.1 Å². The fraction of sp³-hybridized carbons (Fsp3) is 0.300. The first-order valence-corrected chi connectivity index (χ1v) is 6.78. The van der Waals surface area contributed by atoms with Crippen molar-refractivity contribution in [2.45, 2.75) is 5.75 Å². The molecule has 0 radical (unpaired) electrons. The summed E-state index contributed by atoms with van der Waals surface area (Å²) in [4.78, 5) is 0. The highest BCUT2D eigenvalue weighted by Gasteiger charge is 2.16. The largest absolute Gasteiger partial charge is 0.356 e. The minimum absolute atomic E-state index is 0. The highest BCUT2D eigenvalue weighted by molar-refractivity contribution is 7.88.